The third-order valence-corrected chi connectivity index (χ3v) is 6.80. The monoisotopic (exact) mass is 327 g/mol. The lowest BCUT2D eigenvalue weighted by atomic mass is 10.2. The lowest BCUT2D eigenvalue weighted by molar-refractivity contribution is 0.383. The van der Waals surface area contributed by atoms with E-state index >= 15 is 0 Å². The zero-order valence-electron chi connectivity index (χ0n) is 11.9. The van der Waals surface area contributed by atoms with Crippen LogP contribution in [0.5, 0.6) is 0 Å². The zero-order chi connectivity index (χ0) is 15.2. The van der Waals surface area contributed by atoms with E-state index in [1.165, 1.54) is 8.99 Å². The Hall–Kier alpha value is -1.29. The Morgan fingerprint density at radius 2 is 2.24 bits per heavy atom. The maximum atomic E-state index is 12.8. The van der Waals surface area contributed by atoms with E-state index in [1.807, 2.05) is 0 Å². The van der Waals surface area contributed by atoms with Crippen molar-refractivity contribution in [3.63, 3.8) is 0 Å². The first-order chi connectivity index (χ1) is 9.93. The van der Waals surface area contributed by atoms with Crippen LogP contribution < -0.4 is 5.73 Å². The Bertz CT molecular complexity index is 758. The quantitative estimate of drug-likeness (QED) is 0.880. The summed E-state index contributed by atoms with van der Waals surface area (Å²) in [5, 5.41) is 5.13. The maximum Gasteiger partial charge on any atom is 0.260 e. The molecule has 0 radical (unpaired) electrons. The molecule has 0 fully saturated rings. The molecule has 21 heavy (non-hydrogen) atoms. The third-order valence-electron chi connectivity index (χ3n) is 3.55. The summed E-state index contributed by atoms with van der Waals surface area (Å²) in [5.74, 6) is 0. The summed E-state index contributed by atoms with van der Waals surface area (Å²) in [6.07, 6.45) is 2.25. The normalized spacial score (nSPS) is 16.1. The second-order valence-corrected chi connectivity index (χ2v) is 8.05. The molecule has 0 aromatic carbocycles. The number of nitrogens with two attached hydrogens (primary N) is 1. The van der Waals surface area contributed by atoms with Crippen molar-refractivity contribution in [2.75, 3.05) is 6.54 Å². The topological polar surface area (TPSA) is 94.1 Å². The van der Waals surface area contributed by atoms with Crippen molar-refractivity contribution >= 4 is 21.4 Å². The van der Waals surface area contributed by atoms with Gasteiger partial charge in [-0.25, -0.2) is 13.4 Å². The number of fused-ring (bicyclic) bond motifs is 1. The van der Waals surface area contributed by atoms with Crippen LogP contribution >= 0.6 is 11.3 Å². The van der Waals surface area contributed by atoms with Gasteiger partial charge in [0, 0.05) is 30.6 Å². The predicted molar refractivity (Wildman–Crippen MR) is 79.3 cm³/mol. The van der Waals surface area contributed by atoms with Crippen molar-refractivity contribution in [3.8, 4) is 0 Å². The molecule has 0 atom stereocenters. The fourth-order valence-electron chi connectivity index (χ4n) is 2.55. The van der Waals surface area contributed by atoms with Crippen LogP contribution in [-0.4, -0.2) is 34.0 Å². The van der Waals surface area contributed by atoms with Gasteiger partial charge in [0.05, 0.1) is 18.4 Å². The van der Waals surface area contributed by atoms with Crippen molar-refractivity contribution < 1.29 is 8.42 Å². The molecule has 0 unspecified atom stereocenters. The molecule has 9 heteroatoms. The second kappa shape index (κ2) is 5.16. The lowest BCUT2D eigenvalue weighted by Crippen LogP contribution is -2.37. The molecule has 3 rings (SSSR count). The Kier molecular flexibility index (Phi) is 3.60. The minimum Gasteiger partial charge on any atom is -0.325 e. The van der Waals surface area contributed by atoms with Crippen LogP contribution in [0.15, 0.2) is 11.2 Å². The molecule has 2 N–H and O–H groups in total. The van der Waals surface area contributed by atoms with Crippen LogP contribution in [-0.2, 0) is 36.6 Å². The molecule has 1 aliphatic heterocycles. The van der Waals surface area contributed by atoms with Gasteiger partial charge in [-0.05, 0) is 13.3 Å². The van der Waals surface area contributed by atoms with Crippen molar-refractivity contribution in [1.82, 2.24) is 19.1 Å². The van der Waals surface area contributed by atoms with Crippen LogP contribution in [0.4, 0.5) is 0 Å². The molecule has 0 spiro atoms. The minimum absolute atomic E-state index is 0.250. The molecular formula is C12H17N5O2S2. The molecule has 0 saturated heterocycles. The fourth-order valence-corrected chi connectivity index (χ4v) is 5.20. The standard InChI is InChI=1S/C12H17N5O2S2/c1-8-6-14-16(2)12(8)21(18,19)17-4-3-10-9(7-17)15-11(5-13)20-10/h6H,3-5,7,13H2,1-2H3. The van der Waals surface area contributed by atoms with E-state index in [0.29, 0.717) is 31.6 Å². The summed E-state index contributed by atoms with van der Waals surface area (Å²) in [6.45, 7) is 2.92. The number of aryl methyl sites for hydroxylation is 2. The van der Waals surface area contributed by atoms with Gasteiger partial charge in [0.2, 0.25) is 0 Å². The number of aromatic nitrogens is 3. The number of thiazole rings is 1. The van der Waals surface area contributed by atoms with Gasteiger partial charge >= 0.3 is 0 Å². The highest BCUT2D eigenvalue weighted by Gasteiger charge is 2.33. The van der Waals surface area contributed by atoms with Gasteiger partial charge in [0.1, 0.15) is 5.01 Å². The highest BCUT2D eigenvalue weighted by Crippen LogP contribution is 2.29. The third kappa shape index (κ3) is 2.39. The Labute approximate surface area is 127 Å². The lowest BCUT2D eigenvalue weighted by Gasteiger charge is -2.25. The number of hydrogen-bond acceptors (Lipinski definition) is 6. The highest BCUT2D eigenvalue weighted by molar-refractivity contribution is 7.89. The highest BCUT2D eigenvalue weighted by atomic mass is 32.2. The fraction of sp³-hybridized carbons (Fsp3) is 0.500. The summed E-state index contributed by atoms with van der Waals surface area (Å²) < 4.78 is 28.5. The predicted octanol–water partition coefficient (Wildman–Crippen LogP) is 0.391. The molecule has 0 bridgehead atoms. The van der Waals surface area contributed by atoms with Gasteiger partial charge < -0.3 is 5.73 Å². The first kappa shape index (κ1) is 14.6. The molecule has 1 aliphatic rings. The van der Waals surface area contributed by atoms with E-state index in [-0.39, 0.29) is 5.03 Å². The Morgan fingerprint density at radius 3 is 2.86 bits per heavy atom. The van der Waals surface area contributed by atoms with Crippen LogP contribution in [0.25, 0.3) is 0 Å². The Balaban J connectivity index is 1.95. The minimum atomic E-state index is -3.55. The number of sulfonamides is 1. The van der Waals surface area contributed by atoms with E-state index in [4.69, 9.17) is 5.73 Å². The molecule has 0 saturated carbocycles. The van der Waals surface area contributed by atoms with Crippen LogP contribution in [0.1, 0.15) is 21.1 Å². The van der Waals surface area contributed by atoms with Crippen molar-refractivity contribution in [2.45, 2.75) is 31.5 Å². The van der Waals surface area contributed by atoms with E-state index in [0.717, 1.165) is 15.6 Å². The maximum absolute atomic E-state index is 12.8. The molecule has 0 amide bonds. The smallest absolute Gasteiger partial charge is 0.260 e. The van der Waals surface area contributed by atoms with E-state index < -0.39 is 10.0 Å². The summed E-state index contributed by atoms with van der Waals surface area (Å²) in [5.41, 5.74) is 7.09. The molecular weight excluding hydrogens is 310 g/mol. The van der Waals surface area contributed by atoms with E-state index in [9.17, 15) is 8.42 Å². The molecule has 2 aromatic rings. The van der Waals surface area contributed by atoms with Crippen molar-refractivity contribution in [3.05, 3.63) is 27.3 Å². The van der Waals surface area contributed by atoms with Gasteiger partial charge in [0.15, 0.2) is 5.03 Å². The van der Waals surface area contributed by atoms with Crippen LogP contribution in [0.3, 0.4) is 0 Å². The number of hydrogen-bond donors (Lipinski definition) is 1. The molecule has 2 aromatic heterocycles. The summed E-state index contributed by atoms with van der Waals surface area (Å²) in [4.78, 5) is 5.57. The first-order valence-corrected chi connectivity index (χ1v) is 8.85. The van der Waals surface area contributed by atoms with Crippen LogP contribution in [0, 0.1) is 6.92 Å². The van der Waals surface area contributed by atoms with Crippen molar-refractivity contribution in [2.24, 2.45) is 12.8 Å². The average molecular weight is 327 g/mol. The zero-order valence-corrected chi connectivity index (χ0v) is 13.5. The molecule has 114 valence electrons. The molecule has 7 nitrogen and oxygen atoms in total. The van der Waals surface area contributed by atoms with Gasteiger partial charge in [0.25, 0.3) is 10.0 Å². The molecule has 3 heterocycles. The first-order valence-electron chi connectivity index (χ1n) is 6.59. The second-order valence-electron chi connectivity index (χ2n) is 5.03. The number of nitrogens with zero attached hydrogens (tertiary/aromatic N) is 4. The van der Waals surface area contributed by atoms with Crippen LogP contribution in [0.2, 0.25) is 0 Å². The largest absolute Gasteiger partial charge is 0.325 e. The summed E-state index contributed by atoms with van der Waals surface area (Å²) in [7, 11) is -1.91. The van der Waals surface area contributed by atoms with Gasteiger partial charge in [-0.3, -0.25) is 4.68 Å². The molecule has 0 aliphatic carbocycles. The summed E-state index contributed by atoms with van der Waals surface area (Å²) >= 11 is 1.58. The SMILES string of the molecule is Cc1cnn(C)c1S(=O)(=O)N1CCc2sc(CN)nc2C1. The van der Waals surface area contributed by atoms with Gasteiger partial charge in [-0.2, -0.15) is 9.40 Å². The van der Waals surface area contributed by atoms with E-state index in [1.54, 1.807) is 31.5 Å². The number of rotatable bonds is 3. The van der Waals surface area contributed by atoms with Gasteiger partial charge in [-0.1, -0.05) is 0 Å². The van der Waals surface area contributed by atoms with E-state index in [2.05, 4.69) is 10.1 Å². The summed E-state index contributed by atoms with van der Waals surface area (Å²) in [6, 6.07) is 0. The van der Waals surface area contributed by atoms with Crippen molar-refractivity contribution in [1.29, 1.82) is 0 Å². The van der Waals surface area contributed by atoms with Gasteiger partial charge in [-0.15, -0.1) is 11.3 Å². The Morgan fingerprint density at radius 1 is 1.48 bits per heavy atom. The average Bonchev–Trinajstić information content (AvgIpc) is 3.01.